The van der Waals surface area contributed by atoms with Gasteiger partial charge in [0.2, 0.25) is 15.9 Å². The average molecular weight is 419 g/mol. The molecule has 0 aliphatic carbocycles. The number of hydrogen-bond donors (Lipinski definition) is 1. The highest BCUT2D eigenvalue weighted by molar-refractivity contribution is 7.92. The van der Waals surface area contributed by atoms with Crippen LogP contribution in [0.4, 0.5) is 5.69 Å². The molecule has 1 saturated heterocycles. The number of carbonyl (C=O) groups is 1. The Morgan fingerprint density at radius 1 is 1.17 bits per heavy atom. The summed E-state index contributed by atoms with van der Waals surface area (Å²) >= 11 is 0. The van der Waals surface area contributed by atoms with E-state index in [-0.39, 0.29) is 12.0 Å². The maximum absolute atomic E-state index is 12.6. The van der Waals surface area contributed by atoms with E-state index in [9.17, 15) is 13.2 Å². The number of anilines is 1. The molecule has 156 valence electrons. The van der Waals surface area contributed by atoms with Crippen LogP contribution in [0.5, 0.6) is 11.5 Å². The number of carbonyl (C=O) groups excluding carboxylic acids is 1. The molecular formula is C21H26N2O5S. The third-order valence-electron chi connectivity index (χ3n) is 4.69. The topological polar surface area (TPSA) is 84.9 Å². The Bertz CT molecular complexity index is 910. The molecule has 2 atom stereocenters. The van der Waals surface area contributed by atoms with E-state index < -0.39 is 16.1 Å². The van der Waals surface area contributed by atoms with Gasteiger partial charge >= 0.3 is 0 Å². The third-order valence-corrected chi connectivity index (χ3v) is 5.93. The van der Waals surface area contributed by atoms with Gasteiger partial charge in [-0.15, -0.1) is 0 Å². The first-order valence-electron chi connectivity index (χ1n) is 9.56. The van der Waals surface area contributed by atoms with Gasteiger partial charge in [-0.1, -0.05) is 18.2 Å². The number of nitrogens with zero attached hydrogens (tertiary/aromatic N) is 1. The maximum Gasteiger partial charge on any atom is 0.243 e. The van der Waals surface area contributed by atoms with E-state index in [1.807, 2.05) is 30.3 Å². The van der Waals surface area contributed by atoms with Gasteiger partial charge in [0.15, 0.2) is 0 Å². The summed E-state index contributed by atoms with van der Waals surface area (Å²) in [6.45, 7) is 2.65. The van der Waals surface area contributed by atoms with Gasteiger partial charge in [0.25, 0.3) is 0 Å². The lowest BCUT2D eigenvalue weighted by molar-refractivity contribution is -0.122. The van der Waals surface area contributed by atoms with Crippen LogP contribution in [0.1, 0.15) is 19.8 Å². The predicted octanol–water partition coefficient (Wildman–Crippen LogP) is 2.93. The summed E-state index contributed by atoms with van der Waals surface area (Å²) in [6, 6.07) is 15.0. The molecule has 0 radical (unpaired) electrons. The molecule has 3 rings (SSSR count). The van der Waals surface area contributed by atoms with Crippen molar-refractivity contribution in [1.29, 1.82) is 0 Å². The van der Waals surface area contributed by atoms with Crippen LogP contribution in [0.15, 0.2) is 54.6 Å². The largest absolute Gasteiger partial charge is 0.457 e. The fraction of sp³-hybridized carbons (Fsp3) is 0.381. The number of benzene rings is 2. The molecule has 0 bridgehead atoms. The highest BCUT2D eigenvalue weighted by atomic mass is 32.2. The molecule has 0 saturated carbocycles. The van der Waals surface area contributed by atoms with Crippen LogP contribution >= 0.6 is 0 Å². The average Bonchev–Trinajstić information content (AvgIpc) is 3.21. The Hall–Kier alpha value is -2.58. The van der Waals surface area contributed by atoms with Crippen molar-refractivity contribution in [3.8, 4) is 11.5 Å². The van der Waals surface area contributed by atoms with Gasteiger partial charge in [0.05, 0.1) is 18.0 Å². The molecular weight excluding hydrogens is 392 g/mol. The highest BCUT2D eigenvalue weighted by Gasteiger charge is 2.29. The second kappa shape index (κ2) is 9.28. The molecule has 0 spiro atoms. The predicted molar refractivity (Wildman–Crippen MR) is 112 cm³/mol. The number of rotatable bonds is 8. The lowest BCUT2D eigenvalue weighted by Gasteiger charge is -2.28. The smallest absolute Gasteiger partial charge is 0.243 e. The normalized spacial score (nSPS) is 17.5. The van der Waals surface area contributed by atoms with Crippen LogP contribution in [0, 0.1) is 0 Å². The van der Waals surface area contributed by atoms with Crippen LogP contribution in [0.2, 0.25) is 0 Å². The van der Waals surface area contributed by atoms with Crippen molar-refractivity contribution in [3.05, 3.63) is 54.6 Å². The quantitative estimate of drug-likeness (QED) is 0.713. The van der Waals surface area contributed by atoms with Crippen LogP contribution in [0.3, 0.4) is 0 Å². The SMILES string of the molecule is C[C@@H](C(=O)NC[C@@H]1CCCO1)N(c1ccc(Oc2ccccc2)cc1)S(C)(=O)=O. The van der Waals surface area contributed by atoms with Gasteiger partial charge in [-0.2, -0.15) is 0 Å². The summed E-state index contributed by atoms with van der Waals surface area (Å²) in [6.07, 6.45) is 2.95. The van der Waals surface area contributed by atoms with Gasteiger partial charge in [0.1, 0.15) is 17.5 Å². The van der Waals surface area contributed by atoms with Crippen LogP contribution < -0.4 is 14.4 Å². The molecule has 0 aromatic heterocycles. The van der Waals surface area contributed by atoms with E-state index in [4.69, 9.17) is 9.47 Å². The second-order valence-corrected chi connectivity index (χ2v) is 8.88. The first-order valence-corrected chi connectivity index (χ1v) is 11.4. The first-order chi connectivity index (χ1) is 13.8. The highest BCUT2D eigenvalue weighted by Crippen LogP contribution is 2.27. The first kappa shape index (κ1) is 21.1. The molecule has 1 aliphatic heterocycles. The van der Waals surface area contributed by atoms with E-state index in [2.05, 4.69) is 5.32 Å². The standard InChI is InChI=1S/C21H26N2O5S/c1-16(21(24)22-15-20-9-6-14-27-20)23(29(2,25)26)17-10-12-19(13-11-17)28-18-7-4-3-5-8-18/h3-5,7-8,10-13,16,20H,6,9,14-15H2,1-2H3,(H,22,24)/t16-,20-/m0/s1. The van der Waals surface area contributed by atoms with E-state index in [0.29, 0.717) is 30.3 Å². The van der Waals surface area contributed by atoms with Crippen molar-refractivity contribution in [2.45, 2.75) is 31.9 Å². The Kier molecular flexibility index (Phi) is 6.76. The lowest BCUT2D eigenvalue weighted by atomic mass is 10.2. The summed E-state index contributed by atoms with van der Waals surface area (Å²) in [4.78, 5) is 12.6. The molecule has 1 fully saturated rings. The number of amides is 1. The zero-order chi connectivity index (χ0) is 20.9. The van der Waals surface area contributed by atoms with Crippen LogP contribution in [-0.4, -0.2) is 45.9 Å². The minimum absolute atomic E-state index is 0.00717. The van der Waals surface area contributed by atoms with Crippen LogP contribution in [-0.2, 0) is 19.6 Å². The molecule has 2 aromatic carbocycles. The van der Waals surface area contributed by atoms with Crippen LogP contribution in [0.25, 0.3) is 0 Å². The Balaban J connectivity index is 1.71. The van der Waals surface area contributed by atoms with E-state index in [1.165, 1.54) is 0 Å². The molecule has 1 amide bonds. The zero-order valence-electron chi connectivity index (χ0n) is 16.6. The summed E-state index contributed by atoms with van der Waals surface area (Å²) < 4.78 is 37.2. The third kappa shape index (κ3) is 5.71. The summed E-state index contributed by atoms with van der Waals surface area (Å²) in [5.41, 5.74) is 0.396. The number of ether oxygens (including phenoxy) is 2. The molecule has 1 N–H and O–H groups in total. The zero-order valence-corrected chi connectivity index (χ0v) is 17.4. The second-order valence-electron chi connectivity index (χ2n) is 7.02. The van der Waals surface area contributed by atoms with Gasteiger partial charge in [-0.3, -0.25) is 9.10 Å². The van der Waals surface area contributed by atoms with Crippen molar-refractivity contribution >= 4 is 21.6 Å². The Morgan fingerprint density at radius 3 is 2.41 bits per heavy atom. The number of para-hydroxylation sites is 1. The molecule has 1 heterocycles. The van der Waals surface area contributed by atoms with E-state index in [0.717, 1.165) is 23.4 Å². The van der Waals surface area contributed by atoms with Crippen molar-refractivity contribution in [2.24, 2.45) is 0 Å². The van der Waals surface area contributed by atoms with E-state index >= 15 is 0 Å². The molecule has 1 aliphatic rings. The molecule has 0 unspecified atom stereocenters. The minimum Gasteiger partial charge on any atom is -0.457 e. The monoisotopic (exact) mass is 418 g/mol. The Morgan fingerprint density at radius 2 is 1.83 bits per heavy atom. The summed E-state index contributed by atoms with van der Waals surface area (Å²) in [5.74, 6) is 0.890. The fourth-order valence-electron chi connectivity index (χ4n) is 3.26. The summed E-state index contributed by atoms with van der Waals surface area (Å²) in [7, 11) is -3.67. The van der Waals surface area contributed by atoms with Crippen molar-refractivity contribution in [2.75, 3.05) is 23.7 Å². The fourth-order valence-corrected chi connectivity index (χ4v) is 4.44. The summed E-state index contributed by atoms with van der Waals surface area (Å²) in [5, 5.41) is 2.80. The molecule has 8 heteroatoms. The lowest BCUT2D eigenvalue weighted by Crippen LogP contribution is -2.49. The number of nitrogens with one attached hydrogen (secondary N) is 1. The number of hydrogen-bond acceptors (Lipinski definition) is 5. The molecule has 29 heavy (non-hydrogen) atoms. The van der Waals surface area contributed by atoms with Crippen molar-refractivity contribution < 1.29 is 22.7 Å². The van der Waals surface area contributed by atoms with E-state index in [1.54, 1.807) is 31.2 Å². The maximum atomic E-state index is 12.6. The molecule has 2 aromatic rings. The molecule has 7 nitrogen and oxygen atoms in total. The van der Waals surface area contributed by atoms with Gasteiger partial charge in [-0.05, 0) is 56.2 Å². The Labute approximate surface area is 171 Å². The van der Waals surface area contributed by atoms with Gasteiger partial charge in [0, 0.05) is 13.2 Å². The van der Waals surface area contributed by atoms with Gasteiger partial charge in [-0.25, -0.2) is 8.42 Å². The minimum atomic E-state index is -3.67. The number of sulfonamides is 1. The van der Waals surface area contributed by atoms with Crippen molar-refractivity contribution in [3.63, 3.8) is 0 Å². The van der Waals surface area contributed by atoms with Gasteiger partial charge < -0.3 is 14.8 Å². The van der Waals surface area contributed by atoms with Crippen molar-refractivity contribution in [1.82, 2.24) is 5.32 Å².